The molecule has 8 nitrogen and oxygen atoms in total. The molecule has 0 fully saturated rings. The van der Waals surface area contributed by atoms with Crippen molar-refractivity contribution >= 4 is 40.9 Å². The van der Waals surface area contributed by atoms with Gasteiger partial charge in [-0.15, -0.1) is 0 Å². The molecule has 0 saturated carbocycles. The first-order valence-electron chi connectivity index (χ1n) is 8.73. The smallest absolute Gasteiger partial charge is 0.343 e. The number of esters is 1. The molecule has 3 aromatic rings. The van der Waals surface area contributed by atoms with Crippen molar-refractivity contribution in [2.45, 2.75) is 0 Å². The summed E-state index contributed by atoms with van der Waals surface area (Å²) in [4.78, 5) is 22.4. The number of thiocarbonyl (C=S) groups is 1. The number of hydrazone groups is 1. The number of rotatable bonds is 6. The number of carbonyl (C=O) groups is 1. The van der Waals surface area contributed by atoms with Crippen molar-refractivity contribution in [3.05, 3.63) is 100 Å². The van der Waals surface area contributed by atoms with Crippen molar-refractivity contribution in [2.75, 3.05) is 5.32 Å². The number of benzene rings is 3. The van der Waals surface area contributed by atoms with Crippen LogP contribution in [0.2, 0.25) is 0 Å². The molecule has 0 aliphatic heterocycles. The van der Waals surface area contributed by atoms with E-state index in [-0.39, 0.29) is 11.3 Å². The summed E-state index contributed by atoms with van der Waals surface area (Å²) in [6.45, 7) is 0. The third-order valence-electron chi connectivity index (χ3n) is 3.79. The highest BCUT2D eigenvalue weighted by Gasteiger charge is 2.13. The van der Waals surface area contributed by atoms with Gasteiger partial charge in [0.25, 0.3) is 5.69 Å². The van der Waals surface area contributed by atoms with E-state index in [1.165, 1.54) is 24.3 Å². The molecule has 0 amide bonds. The molecule has 0 aliphatic rings. The van der Waals surface area contributed by atoms with Crippen LogP contribution in [-0.4, -0.2) is 22.2 Å². The highest BCUT2D eigenvalue weighted by atomic mass is 32.1. The lowest BCUT2D eigenvalue weighted by Crippen LogP contribution is -2.23. The molecule has 2 N–H and O–H groups in total. The fourth-order valence-electron chi connectivity index (χ4n) is 2.38. The molecule has 150 valence electrons. The van der Waals surface area contributed by atoms with Gasteiger partial charge in [0, 0.05) is 17.8 Å². The van der Waals surface area contributed by atoms with E-state index in [4.69, 9.17) is 17.0 Å². The van der Waals surface area contributed by atoms with Crippen molar-refractivity contribution in [1.82, 2.24) is 5.43 Å². The number of hydrogen-bond acceptors (Lipinski definition) is 6. The monoisotopic (exact) mass is 420 g/mol. The molecule has 0 bridgehead atoms. The van der Waals surface area contributed by atoms with Gasteiger partial charge in [0.05, 0.1) is 16.7 Å². The van der Waals surface area contributed by atoms with Crippen LogP contribution in [0.25, 0.3) is 0 Å². The summed E-state index contributed by atoms with van der Waals surface area (Å²) in [5, 5.41) is 18.2. The predicted octanol–water partition coefficient (Wildman–Crippen LogP) is 4.13. The van der Waals surface area contributed by atoms with E-state index >= 15 is 0 Å². The van der Waals surface area contributed by atoms with E-state index in [0.717, 1.165) is 11.3 Å². The second kappa shape index (κ2) is 9.89. The molecule has 30 heavy (non-hydrogen) atoms. The van der Waals surface area contributed by atoms with Crippen molar-refractivity contribution < 1.29 is 14.5 Å². The first-order chi connectivity index (χ1) is 14.5. The SMILES string of the molecule is O=C(Oc1ccc(/C=N/NC(=S)Nc2ccccc2)cc1)c1cccc([N+](=O)[O-])c1. The molecule has 0 aliphatic carbocycles. The lowest BCUT2D eigenvalue weighted by atomic mass is 10.2. The van der Waals surface area contributed by atoms with Crippen LogP contribution < -0.4 is 15.5 Å². The highest BCUT2D eigenvalue weighted by molar-refractivity contribution is 7.80. The average molecular weight is 420 g/mol. The van der Waals surface area contributed by atoms with E-state index < -0.39 is 10.9 Å². The first-order valence-corrected chi connectivity index (χ1v) is 9.14. The fraction of sp³-hybridized carbons (Fsp3) is 0. The van der Waals surface area contributed by atoms with Gasteiger partial charge >= 0.3 is 5.97 Å². The molecule has 3 rings (SSSR count). The number of ether oxygens (including phenoxy) is 1. The maximum absolute atomic E-state index is 12.2. The molecule has 0 radical (unpaired) electrons. The number of nitro groups is 1. The maximum atomic E-state index is 12.2. The third-order valence-corrected chi connectivity index (χ3v) is 3.99. The van der Waals surface area contributed by atoms with E-state index in [1.54, 1.807) is 30.5 Å². The van der Waals surface area contributed by atoms with Gasteiger partial charge in [-0.1, -0.05) is 24.3 Å². The van der Waals surface area contributed by atoms with Gasteiger partial charge in [-0.2, -0.15) is 5.10 Å². The molecule has 0 aromatic heterocycles. The molecule has 0 heterocycles. The number of para-hydroxylation sites is 1. The Kier molecular flexibility index (Phi) is 6.80. The van der Waals surface area contributed by atoms with E-state index in [1.807, 2.05) is 30.3 Å². The Morgan fingerprint density at radius 3 is 2.47 bits per heavy atom. The zero-order valence-electron chi connectivity index (χ0n) is 15.5. The standard InChI is InChI=1S/C21H16N4O4S/c26-20(16-5-4-8-18(13-16)25(27)28)29-19-11-9-15(10-12-19)14-22-24-21(30)23-17-6-2-1-3-7-17/h1-14H,(H2,23,24,30)/b22-14+. The molecule has 9 heteroatoms. The zero-order valence-corrected chi connectivity index (χ0v) is 16.3. The van der Waals surface area contributed by atoms with Gasteiger partial charge in [-0.05, 0) is 60.2 Å². The number of nitro benzene ring substituents is 1. The Balaban J connectivity index is 1.54. The minimum atomic E-state index is -0.681. The second-order valence-electron chi connectivity index (χ2n) is 5.96. The summed E-state index contributed by atoms with van der Waals surface area (Å²) in [7, 11) is 0. The normalized spacial score (nSPS) is 10.4. The molecule has 0 unspecified atom stereocenters. The molecular weight excluding hydrogens is 404 g/mol. The van der Waals surface area contributed by atoms with Crippen LogP contribution in [0.4, 0.5) is 11.4 Å². The number of carbonyl (C=O) groups excluding carboxylic acids is 1. The fourth-order valence-corrected chi connectivity index (χ4v) is 2.55. The number of anilines is 1. The second-order valence-corrected chi connectivity index (χ2v) is 6.36. The Bertz CT molecular complexity index is 1090. The van der Waals surface area contributed by atoms with E-state index in [0.29, 0.717) is 10.9 Å². The molecule has 0 spiro atoms. The summed E-state index contributed by atoms with van der Waals surface area (Å²) in [6, 6.07) is 21.4. The van der Waals surface area contributed by atoms with Crippen molar-refractivity contribution in [3.8, 4) is 5.75 Å². The van der Waals surface area contributed by atoms with Crippen LogP contribution in [-0.2, 0) is 0 Å². The predicted molar refractivity (Wildman–Crippen MR) is 118 cm³/mol. The number of nitrogens with one attached hydrogen (secondary N) is 2. The summed E-state index contributed by atoms with van der Waals surface area (Å²) in [5.41, 5.74) is 4.23. The van der Waals surface area contributed by atoms with Gasteiger partial charge in [0.1, 0.15) is 5.75 Å². The minimum Gasteiger partial charge on any atom is -0.423 e. The Morgan fingerprint density at radius 1 is 1.03 bits per heavy atom. The van der Waals surface area contributed by atoms with Gasteiger partial charge in [0.15, 0.2) is 5.11 Å². The first kappa shape index (κ1) is 20.6. The molecular formula is C21H16N4O4S. The van der Waals surface area contributed by atoms with Gasteiger partial charge in [-0.25, -0.2) is 4.79 Å². The minimum absolute atomic E-state index is 0.0958. The van der Waals surface area contributed by atoms with Gasteiger partial charge in [0.2, 0.25) is 0 Å². The highest BCUT2D eigenvalue weighted by Crippen LogP contribution is 2.17. The molecule has 3 aromatic carbocycles. The molecule has 0 saturated heterocycles. The number of nitrogens with zero attached hydrogens (tertiary/aromatic N) is 2. The van der Waals surface area contributed by atoms with Crippen molar-refractivity contribution in [1.29, 1.82) is 0 Å². The van der Waals surface area contributed by atoms with Crippen molar-refractivity contribution in [3.63, 3.8) is 0 Å². The van der Waals surface area contributed by atoms with E-state index in [2.05, 4.69) is 15.8 Å². The van der Waals surface area contributed by atoms with Crippen LogP contribution in [0.3, 0.4) is 0 Å². The summed E-state index contributed by atoms with van der Waals surface area (Å²) in [5.74, 6) is -0.378. The average Bonchev–Trinajstić information content (AvgIpc) is 2.75. The summed E-state index contributed by atoms with van der Waals surface area (Å²) < 4.78 is 5.25. The van der Waals surface area contributed by atoms with E-state index in [9.17, 15) is 14.9 Å². The zero-order chi connectivity index (χ0) is 21.3. The number of hydrogen-bond donors (Lipinski definition) is 2. The number of non-ortho nitro benzene ring substituents is 1. The quantitative estimate of drug-likeness (QED) is 0.154. The lowest BCUT2D eigenvalue weighted by molar-refractivity contribution is -0.384. The summed E-state index contributed by atoms with van der Waals surface area (Å²) >= 11 is 5.16. The Labute approximate surface area is 177 Å². The van der Waals surface area contributed by atoms with Crippen LogP contribution in [0, 0.1) is 10.1 Å². The maximum Gasteiger partial charge on any atom is 0.343 e. The third kappa shape index (κ3) is 5.94. The van der Waals surface area contributed by atoms with Crippen LogP contribution in [0.1, 0.15) is 15.9 Å². The van der Waals surface area contributed by atoms with Crippen molar-refractivity contribution in [2.24, 2.45) is 5.10 Å². The van der Waals surface area contributed by atoms with Gasteiger partial charge < -0.3 is 10.1 Å². The van der Waals surface area contributed by atoms with Crippen LogP contribution in [0.5, 0.6) is 5.75 Å². The Hall–Kier alpha value is -4.11. The molecule has 0 atom stereocenters. The van der Waals surface area contributed by atoms with Crippen LogP contribution >= 0.6 is 12.2 Å². The van der Waals surface area contributed by atoms with Crippen LogP contribution in [0.15, 0.2) is 84.0 Å². The Morgan fingerprint density at radius 2 is 1.77 bits per heavy atom. The topological polar surface area (TPSA) is 106 Å². The largest absolute Gasteiger partial charge is 0.423 e. The summed E-state index contributed by atoms with van der Waals surface area (Å²) in [6.07, 6.45) is 1.56. The lowest BCUT2D eigenvalue weighted by Gasteiger charge is -2.06. The van der Waals surface area contributed by atoms with Gasteiger partial charge in [-0.3, -0.25) is 15.5 Å².